The molecular weight excluding hydrogens is 258 g/mol. The van der Waals surface area contributed by atoms with Gasteiger partial charge >= 0.3 is 0 Å². The molecule has 2 heteroatoms. The number of unbranched alkanes of at least 4 members (excludes halogenated alkanes) is 13. The van der Waals surface area contributed by atoms with Gasteiger partial charge in [-0.15, -0.1) is 0 Å². The SMILES string of the molecule is CCCCCCCCCCCCCCNCCCCCO. The van der Waals surface area contributed by atoms with Crippen molar-refractivity contribution >= 4 is 0 Å². The molecule has 0 rings (SSSR count). The van der Waals surface area contributed by atoms with Crippen LogP contribution in [0, 0.1) is 0 Å². The average molecular weight is 300 g/mol. The van der Waals surface area contributed by atoms with Gasteiger partial charge in [0.2, 0.25) is 0 Å². The molecule has 0 aliphatic carbocycles. The first-order valence-electron chi connectivity index (χ1n) is 9.73. The molecule has 0 aromatic rings. The largest absolute Gasteiger partial charge is 0.396 e. The van der Waals surface area contributed by atoms with Crippen LogP contribution in [-0.2, 0) is 0 Å². The van der Waals surface area contributed by atoms with Crippen molar-refractivity contribution in [3.05, 3.63) is 0 Å². The Hall–Kier alpha value is -0.0800. The molecule has 0 unspecified atom stereocenters. The van der Waals surface area contributed by atoms with Gasteiger partial charge in [-0.25, -0.2) is 0 Å². The highest BCUT2D eigenvalue weighted by molar-refractivity contribution is 4.52. The molecule has 0 fully saturated rings. The molecular formula is C19H41NO. The summed E-state index contributed by atoms with van der Waals surface area (Å²) in [5, 5.41) is 12.2. The Morgan fingerprint density at radius 1 is 0.524 bits per heavy atom. The molecule has 0 saturated heterocycles. The molecule has 0 aromatic carbocycles. The molecule has 2 N–H and O–H groups in total. The van der Waals surface area contributed by atoms with E-state index in [9.17, 15) is 0 Å². The van der Waals surface area contributed by atoms with Gasteiger partial charge in [0.1, 0.15) is 0 Å². The summed E-state index contributed by atoms with van der Waals surface area (Å²) in [5.41, 5.74) is 0. The van der Waals surface area contributed by atoms with Crippen LogP contribution >= 0.6 is 0 Å². The maximum Gasteiger partial charge on any atom is 0.0431 e. The second kappa shape index (κ2) is 19.9. The van der Waals surface area contributed by atoms with E-state index in [1.54, 1.807) is 0 Å². The third-order valence-electron chi connectivity index (χ3n) is 4.22. The van der Waals surface area contributed by atoms with Crippen molar-refractivity contribution in [3.8, 4) is 0 Å². The summed E-state index contributed by atoms with van der Waals surface area (Å²) in [6.07, 6.45) is 20.4. The molecule has 0 aromatic heterocycles. The fourth-order valence-corrected chi connectivity index (χ4v) is 2.75. The van der Waals surface area contributed by atoms with Crippen LogP contribution in [-0.4, -0.2) is 24.8 Å². The number of rotatable bonds is 18. The van der Waals surface area contributed by atoms with Gasteiger partial charge in [-0.05, 0) is 38.8 Å². The standard InChI is InChI=1S/C19H41NO/c1-2-3-4-5-6-7-8-9-10-11-12-14-17-20-18-15-13-16-19-21/h20-21H,2-19H2,1H3. The summed E-state index contributed by atoms with van der Waals surface area (Å²) in [7, 11) is 0. The number of aliphatic hydroxyl groups excluding tert-OH is 1. The van der Waals surface area contributed by atoms with Crippen molar-refractivity contribution in [2.45, 2.75) is 103 Å². The monoisotopic (exact) mass is 299 g/mol. The molecule has 2 nitrogen and oxygen atoms in total. The molecule has 0 atom stereocenters. The topological polar surface area (TPSA) is 32.3 Å². The molecule has 0 amide bonds. The van der Waals surface area contributed by atoms with E-state index in [0.717, 1.165) is 19.4 Å². The van der Waals surface area contributed by atoms with E-state index < -0.39 is 0 Å². The minimum Gasteiger partial charge on any atom is -0.396 e. The lowest BCUT2D eigenvalue weighted by molar-refractivity contribution is 0.283. The van der Waals surface area contributed by atoms with Crippen molar-refractivity contribution in [2.24, 2.45) is 0 Å². The summed E-state index contributed by atoms with van der Waals surface area (Å²) < 4.78 is 0. The van der Waals surface area contributed by atoms with Crippen molar-refractivity contribution in [3.63, 3.8) is 0 Å². The van der Waals surface area contributed by atoms with Crippen LogP contribution < -0.4 is 5.32 Å². The Labute approximate surface area is 134 Å². The van der Waals surface area contributed by atoms with E-state index in [1.807, 2.05) is 0 Å². The van der Waals surface area contributed by atoms with Crippen LogP contribution in [0.3, 0.4) is 0 Å². The summed E-state index contributed by atoms with van der Waals surface area (Å²) in [6.45, 7) is 4.93. The highest BCUT2D eigenvalue weighted by Crippen LogP contribution is 2.11. The van der Waals surface area contributed by atoms with Crippen LogP contribution in [0.5, 0.6) is 0 Å². The zero-order chi connectivity index (χ0) is 15.4. The lowest BCUT2D eigenvalue weighted by Gasteiger charge is -2.05. The predicted molar refractivity (Wildman–Crippen MR) is 94.9 cm³/mol. The van der Waals surface area contributed by atoms with Gasteiger partial charge in [0.15, 0.2) is 0 Å². The number of hydrogen-bond donors (Lipinski definition) is 2. The third-order valence-corrected chi connectivity index (χ3v) is 4.22. The molecule has 0 saturated carbocycles. The average Bonchev–Trinajstić information content (AvgIpc) is 2.50. The Morgan fingerprint density at radius 3 is 1.33 bits per heavy atom. The Bertz CT molecular complexity index is 155. The second-order valence-electron chi connectivity index (χ2n) is 6.42. The first-order valence-corrected chi connectivity index (χ1v) is 9.73. The van der Waals surface area contributed by atoms with Crippen LogP contribution in [0.1, 0.15) is 103 Å². The van der Waals surface area contributed by atoms with Crippen LogP contribution in [0.25, 0.3) is 0 Å². The summed E-state index contributed by atoms with van der Waals surface area (Å²) in [6, 6.07) is 0. The molecule has 0 aliphatic heterocycles. The maximum absolute atomic E-state index is 8.67. The summed E-state index contributed by atoms with van der Waals surface area (Å²) in [4.78, 5) is 0. The molecule has 0 spiro atoms. The fraction of sp³-hybridized carbons (Fsp3) is 1.00. The molecule has 0 aliphatic rings. The van der Waals surface area contributed by atoms with Gasteiger partial charge < -0.3 is 10.4 Å². The minimum atomic E-state index is 0.346. The van der Waals surface area contributed by atoms with E-state index >= 15 is 0 Å². The lowest BCUT2D eigenvalue weighted by atomic mass is 10.1. The van der Waals surface area contributed by atoms with Crippen LogP contribution in [0.4, 0.5) is 0 Å². The van der Waals surface area contributed by atoms with E-state index in [4.69, 9.17) is 5.11 Å². The van der Waals surface area contributed by atoms with Gasteiger partial charge in [0.25, 0.3) is 0 Å². The van der Waals surface area contributed by atoms with Crippen molar-refractivity contribution in [2.75, 3.05) is 19.7 Å². The molecule has 128 valence electrons. The number of aliphatic hydroxyl groups is 1. The Morgan fingerprint density at radius 2 is 0.905 bits per heavy atom. The second-order valence-corrected chi connectivity index (χ2v) is 6.42. The quantitative estimate of drug-likeness (QED) is 0.330. The number of hydrogen-bond acceptors (Lipinski definition) is 2. The van der Waals surface area contributed by atoms with E-state index in [-0.39, 0.29) is 0 Å². The normalized spacial score (nSPS) is 11.1. The predicted octanol–water partition coefficient (Wildman–Crippen LogP) is 5.44. The van der Waals surface area contributed by atoms with Gasteiger partial charge in [-0.2, -0.15) is 0 Å². The van der Waals surface area contributed by atoms with Gasteiger partial charge in [-0.3, -0.25) is 0 Å². The molecule has 0 radical (unpaired) electrons. The van der Waals surface area contributed by atoms with E-state index in [1.165, 1.54) is 90.0 Å². The van der Waals surface area contributed by atoms with Gasteiger partial charge in [0.05, 0.1) is 0 Å². The first kappa shape index (κ1) is 20.9. The van der Waals surface area contributed by atoms with Gasteiger partial charge in [0, 0.05) is 6.61 Å². The zero-order valence-electron chi connectivity index (χ0n) is 14.7. The van der Waals surface area contributed by atoms with Gasteiger partial charge in [-0.1, -0.05) is 77.6 Å². The minimum absolute atomic E-state index is 0.346. The first-order chi connectivity index (χ1) is 10.4. The third kappa shape index (κ3) is 19.9. The molecule has 0 heterocycles. The van der Waals surface area contributed by atoms with E-state index in [0.29, 0.717) is 6.61 Å². The number of nitrogens with one attached hydrogen (secondary N) is 1. The van der Waals surface area contributed by atoms with Crippen molar-refractivity contribution in [1.82, 2.24) is 5.32 Å². The lowest BCUT2D eigenvalue weighted by Crippen LogP contribution is -2.16. The maximum atomic E-state index is 8.67. The van der Waals surface area contributed by atoms with Crippen LogP contribution in [0.15, 0.2) is 0 Å². The highest BCUT2D eigenvalue weighted by Gasteiger charge is 1.94. The fourth-order valence-electron chi connectivity index (χ4n) is 2.75. The van der Waals surface area contributed by atoms with E-state index in [2.05, 4.69) is 12.2 Å². The summed E-state index contributed by atoms with van der Waals surface area (Å²) in [5.74, 6) is 0. The zero-order valence-corrected chi connectivity index (χ0v) is 14.7. The molecule has 21 heavy (non-hydrogen) atoms. The Balaban J connectivity index is 2.90. The summed E-state index contributed by atoms with van der Waals surface area (Å²) >= 11 is 0. The molecule has 0 bridgehead atoms. The Kier molecular flexibility index (Phi) is 19.8. The smallest absolute Gasteiger partial charge is 0.0431 e. The van der Waals surface area contributed by atoms with Crippen molar-refractivity contribution < 1.29 is 5.11 Å². The van der Waals surface area contributed by atoms with Crippen LogP contribution in [0.2, 0.25) is 0 Å². The highest BCUT2D eigenvalue weighted by atomic mass is 16.2. The van der Waals surface area contributed by atoms with Crippen molar-refractivity contribution in [1.29, 1.82) is 0 Å².